The van der Waals surface area contributed by atoms with Gasteiger partial charge in [0.2, 0.25) is 0 Å². The van der Waals surface area contributed by atoms with Crippen molar-refractivity contribution in [2.45, 2.75) is 69.8 Å². The van der Waals surface area contributed by atoms with E-state index in [1.54, 1.807) is 11.9 Å². The van der Waals surface area contributed by atoms with Crippen molar-refractivity contribution < 1.29 is 18.0 Å². The fraction of sp³-hybridized carbons (Fsp3) is 0.545. The number of halogens is 3. The van der Waals surface area contributed by atoms with Gasteiger partial charge in [-0.15, -0.1) is 0 Å². The molecule has 1 aliphatic heterocycles. The van der Waals surface area contributed by atoms with Gasteiger partial charge in [0.15, 0.2) is 11.7 Å². The van der Waals surface area contributed by atoms with Gasteiger partial charge in [-0.1, -0.05) is 49.1 Å². The summed E-state index contributed by atoms with van der Waals surface area (Å²) < 4.78 is 42.5. The summed E-state index contributed by atoms with van der Waals surface area (Å²) in [7, 11) is 1.72. The van der Waals surface area contributed by atoms with E-state index in [-0.39, 0.29) is 29.9 Å². The minimum absolute atomic E-state index is 0.0596. The molecule has 1 aliphatic carbocycles. The van der Waals surface area contributed by atoms with Gasteiger partial charge in [-0.3, -0.25) is 4.79 Å². The van der Waals surface area contributed by atoms with Crippen LogP contribution in [0.2, 0.25) is 0 Å². The zero-order valence-electron chi connectivity index (χ0n) is 17.2. The third kappa shape index (κ3) is 4.04. The van der Waals surface area contributed by atoms with E-state index < -0.39 is 18.3 Å². The van der Waals surface area contributed by atoms with Gasteiger partial charge in [-0.2, -0.15) is 18.3 Å². The van der Waals surface area contributed by atoms with Crippen molar-refractivity contribution in [3.05, 3.63) is 47.2 Å². The summed E-state index contributed by atoms with van der Waals surface area (Å²) in [6.07, 6.45) is 0.517. The summed E-state index contributed by atoms with van der Waals surface area (Å²) in [6, 6.07) is 6.77. The molecule has 5 nitrogen and oxygen atoms in total. The first kappa shape index (κ1) is 20.8. The highest BCUT2D eigenvalue weighted by Gasteiger charge is 2.47. The fourth-order valence-electron chi connectivity index (χ4n) is 4.51. The molecule has 0 bridgehead atoms. The Labute approximate surface area is 174 Å². The molecule has 2 aromatic rings. The molecule has 8 heteroatoms. The molecule has 1 aromatic heterocycles. The summed E-state index contributed by atoms with van der Waals surface area (Å²) in [6.45, 7) is 1.94. The van der Waals surface area contributed by atoms with E-state index in [0.29, 0.717) is 0 Å². The topological polar surface area (TPSA) is 50.2 Å². The summed E-state index contributed by atoms with van der Waals surface area (Å²) in [5.41, 5.74) is 1.89. The van der Waals surface area contributed by atoms with Crippen LogP contribution in [0.3, 0.4) is 0 Å². The number of anilines is 1. The van der Waals surface area contributed by atoms with Gasteiger partial charge >= 0.3 is 6.18 Å². The average Bonchev–Trinajstić information content (AvgIpc) is 3.16. The van der Waals surface area contributed by atoms with Gasteiger partial charge in [0.25, 0.3) is 5.91 Å². The quantitative estimate of drug-likeness (QED) is 0.737. The molecule has 4 rings (SSSR count). The molecular weight excluding hydrogens is 393 g/mol. The van der Waals surface area contributed by atoms with Crippen LogP contribution >= 0.6 is 0 Å². The highest BCUT2D eigenvalue weighted by atomic mass is 19.4. The van der Waals surface area contributed by atoms with Crippen LogP contribution in [-0.2, 0) is 0 Å². The van der Waals surface area contributed by atoms with Crippen LogP contribution in [0.15, 0.2) is 30.3 Å². The van der Waals surface area contributed by atoms with E-state index in [1.807, 2.05) is 31.2 Å². The highest BCUT2D eigenvalue weighted by Crippen LogP contribution is 2.43. The predicted molar refractivity (Wildman–Crippen MR) is 108 cm³/mol. The van der Waals surface area contributed by atoms with Crippen LogP contribution < -0.4 is 5.32 Å². The molecular formula is C22H27F3N4O. The van der Waals surface area contributed by atoms with Crippen molar-refractivity contribution in [1.29, 1.82) is 0 Å². The lowest BCUT2D eigenvalue weighted by molar-refractivity contribution is -0.173. The maximum atomic E-state index is 13.8. The lowest BCUT2D eigenvalue weighted by Gasteiger charge is -2.33. The summed E-state index contributed by atoms with van der Waals surface area (Å²) >= 11 is 0. The van der Waals surface area contributed by atoms with Crippen LogP contribution in [0.5, 0.6) is 0 Å². The Bertz CT molecular complexity index is 900. The molecule has 0 saturated heterocycles. The Kier molecular flexibility index (Phi) is 5.51. The molecule has 0 unspecified atom stereocenters. The third-order valence-electron chi connectivity index (χ3n) is 6.33. The van der Waals surface area contributed by atoms with Crippen LogP contribution in [0.25, 0.3) is 0 Å². The number of alkyl halides is 3. The molecule has 30 heavy (non-hydrogen) atoms. The number of rotatable bonds is 3. The first-order valence-corrected chi connectivity index (χ1v) is 10.5. The lowest BCUT2D eigenvalue weighted by Crippen LogP contribution is -2.38. The fourth-order valence-corrected chi connectivity index (χ4v) is 4.51. The molecule has 1 saturated carbocycles. The molecule has 1 aromatic carbocycles. The molecule has 2 heterocycles. The lowest BCUT2D eigenvalue weighted by atomic mass is 9.94. The van der Waals surface area contributed by atoms with E-state index in [9.17, 15) is 18.0 Å². The van der Waals surface area contributed by atoms with Gasteiger partial charge in [-0.05, 0) is 25.3 Å². The third-order valence-corrected chi connectivity index (χ3v) is 6.33. The second kappa shape index (κ2) is 7.96. The van der Waals surface area contributed by atoms with E-state index in [0.717, 1.165) is 47.9 Å². The van der Waals surface area contributed by atoms with Crippen LogP contribution in [-0.4, -0.2) is 39.9 Å². The van der Waals surface area contributed by atoms with Gasteiger partial charge in [0, 0.05) is 25.6 Å². The van der Waals surface area contributed by atoms with Crippen molar-refractivity contribution >= 4 is 11.7 Å². The van der Waals surface area contributed by atoms with E-state index in [2.05, 4.69) is 10.4 Å². The molecule has 1 N–H and O–H groups in total. The Morgan fingerprint density at radius 3 is 2.47 bits per heavy atom. The number of carbonyl (C=O) groups excluding carboxylic acids is 1. The average molecular weight is 420 g/mol. The van der Waals surface area contributed by atoms with Crippen molar-refractivity contribution in [3.8, 4) is 0 Å². The minimum atomic E-state index is -4.46. The number of benzene rings is 1. The SMILES string of the molecule is Cc1ccc([C@@H]2C[C@H](C(F)(F)F)n3nc(C(=O)N(C)C4CCCCC4)cc3N2)cc1. The molecule has 1 amide bonds. The number of aryl methyl sites for hydroxylation is 1. The van der Waals surface area contributed by atoms with E-state index in [1.165, 1.54) is 6.07 Å². The molecule has 162 valence electrons. The minimum Gasteiger partial charge on any atom is -0.363 e. The van der Waals surface area contributed by atoms with Gasteiger partial charge in [-0.25, -0.2) is 4.68 Å². The Morgan fingerprint density at radius 1 is 1.17 bits per heavy atom. The first-order chi connectivity index (χ1) is 14.2. The monoisotopic (exact) mass is 420 g/mol. The number of hydrogen-bond donors (Lipinski definition) is 1. The van der Waals surface area contributed by atoms with Crippen LogP contribution in [0.1, 0.15) is 72.2 Å². The normalized spacial score (nSPS) is 22.3. The predicted octanol–water partition coefficient (Wildman–Crippen LogP) is 5.26. The zero-order valence-corrected chi connectivity index (χ0v) is 17.2. The second-order valence-electron chi connectivity index (χ2n) is 8.47. The van der Waals surface area contributed by atoms with Gasteiger partial charge in [0.1, 0.15) is 5.82 Å². The highest BCUT2D eigenvalue weighted by molar-refractivity contribution is 5.93. The number of fused-ring (bicyclic) bond motifs is 1. The Balaban J connectivity index is 1.62. The summed E-state index contributed by atoms with van der Waals surface area (Å²) in [5, 5.41) is 7.26. The smallest absolute Gasteiger partial charge is 0.363 e. The maximum Gasteiger partial charge on any atom is 0.410 e. The number of amides is 1. The second-order valence-corrected chi connectivity index (χ2v) is 8.47. The largest absolute Gasteiger partial charge is 0.410 e. The first-order valence-electron chi connectivity index (χ1n) is 10.5. The molecule has 2 atom stereocenters. The molecule has 2 aliphatic rings. The number of hydrogen-bond acceptors (Lipinski definition) is 3. The van der Waals surface area contributed by atoms with E-state index in [4.69, 9.17) is 0 Å². The summed E-state index contributed by atoms with van der Waals surface area (Å²) in [5.74, 6) is -0.0899. The van der Waals surface area contributed by atoms with Crippen molar-refractivity contribution in [2.75, 3.05) is 12.4 Å². The number of carbonyl (C=O) groups is 1. The number of aromatic nitrogens is 2. The number of nitrogens with zero attached hydrogens (tertiary/aromatic N) is 3. The summed E-state index contributed by atoms with van der Waals surface area (Å²) in [4.78, 5) is 14.6. The molecule has 0 radical (unpaired) electrons. The van der Waals surface area contributed by atoms with Crippen LogP contribution in [0.4, 0.5) is 19.0 Å². The van der Waals surface area contributed by atoms with Crippen molar-refractivity contribution in [2.24, 2.45) is 0 Å². The van der Waals surface area contributed by atoms with Gasteiger partial charge < -0.3 is 10.2 Å². The standard InChI is InChI=1S/C22H27F3N4O/c1-14-8-10-15(11-9-14)17-12-19(22(23,24)25)29-20(26-17)13-18(27-29)21(30)28(2)16-6-4-3-5-7-16/h8-11,13,16-17,19,26H,3-7,12H2,1-2H3/t17-,19+/m0/s1. The molecule has 0 spiro atoms. The Hall–Kier alpha value is -2.51. The van der Waals surface area contributed by atoms with E-state index >= 15 is 0 Å². The molecule has 1 fully saturated rings. The van der Waals surface area contributed by atoms with Crippen molar-refractivity contribution in [1.82, 2.24) is 14.7 Å². The number of nitrogens with one attached hydrogen (secondary N) is 1. The maximum absolute atomic E-state index is 13.8. The Morgan fingerprint density at radius 2 is 1.83 bits per heavy atom. The van der Waals surface area contributed by atoms with Gasteiger partial charge in [0.05, 0.1) is 6.04 Å². The van der Waals surface area contributed by atoms with Crippen molar-refractivity contribution in [3.63, 3.8) is 0 Å². The zero-order chi connectivity index (χ0) is 21.5. The van der Waals surface area contributed by atoms with Crippen LogP contribution in [0, 0.1) is 6.92 Å².